The molecule has 2 unspecified atom stereocenters. The fourth-order valence-electron chi connectivity index (χ4n) is 3.42. The van der Waals surface area contributed by atoms with Crippen LogP contribution in [0.15, 0.2) is 48.5 Å². The number of benzene rings is 2. The number of fused-ring (bicyclic) bond motifs is 3. The number of ether oxygens (including phenoxy) is 1. The lowest BCUT2D eigenvalue weighted by atomic mass is 9.98. The average molecular weight is 493 g/mol. The van der Waals surface area contributed by atoms with Crippen molar-refractivity contribution in [1.29, 1.82) is 0 Å². The smallest absolute Gasteiger partial charge is 0.309 e. The van der Waals surface area contributed by atoms with Gasteiger partial charge in [0.25, 0.3) is 17.9 Å². The van der Waals surface area contributed by atoms with Crippen molar-refractivity contribution in [2.24, 2.45) is 0 Å². The summed E-state index contributed by atoms with van der Waals surface area (Å²) in [4.78, 5) is 0. The molecule has 0 N–H and O–H groups in total. The minimum atomic E-state index is -6.62. The Labute approximate surface area is 178 Å². The highest BCUT2D eigenvalue weighted by molar-refractivity contribution is 6.08. The van der Waals surface area contributed by atoms with E-state index in [0.29, 0.717) is 0 Å². The summed E-state index contributed by atoms with van der Waals surface area (Å²) in [5.41, 5.74) is -1.55. The number of rotatable bonds is 7. The van der Waals surface area contributed by atoms with Gasteiger partial charge in [0.2, 0.25) is 0 Å². The molecule has 2 atom stereocenters. The van der Waals surface area contributed by atoms with E-state index in [1.807, 2.05) is 0 Å². The highest BCUT2D eigenvalue weighted by Crippen LogP contribution is 2.56. The molecule has 1 aromatic heterocycles. The Hall–Kier alpha value is -2.57. The standard InChI is InChI=1S/C20H14F11NO/c1-16(22,23)10-33-20(30,31)19(28,29)17(24,15(21)18(25,26)27)32-13-8-4-2-6-11(13)12-7-3-5-9-14(12)32/h2-9,15H,10H2,1H3. The SMILES string of the molecule is CC(F)(F)COC(F)(F)C(F)(F)C(F)(C(F)C(F)(F)F)n1c2ccccc2c2ccccc21. The first-order valence-electron chi connectivity index (χ1n) is 9.11. The predicted molar refractivity (Wildman–Crippen MR) is 95.9 cm³/mol. The van der Waals surface area contributed by atoms with Crippen LogP contribution in [0.5, 0.6) is 0 Å². The first-order chi connectivity index (χ1) is 15.0. The van der Waals surface area contributed by atoms with E-state index in [1.54, 1.807) is 0 Å². The van der Waals surface area contributed by atoms with Crippen LogP contribution in [0.4, 0.5) is 48.3 Å². The third kappa shape index (κ3) is 4.00. The zero-order chi connectivity index (χ0) is 25.0. The maximum Gasteiger partial charge on any atom is 0.425 e. The van der Waals surface area contributed by atoms with Crippen LogP contribution in [0, 0.1) is 0 Å². The summed E-state index contributed by atoms with van der Waals surface area (Å²) < 4.78 is 157. The van der Waals surface area contributed by atoms with Gasteiger partial charge in [0.05, 0.1) is 11.0 Å². The topological polar surface area (TPSA) is 14.2 Å². The first-order valence-corrected chi connectivity index (χ1v) is 9.11. The molecule has 0 saturated carbocycles. The van der Waals surface area contributed by atoms with Crippen molar-refractivity contribution in [3.8, 4) is 0 Å². The zero-order valence-corrected chi connectivity index (χ0v) is 16.4. The van der Waals surface area contributed by atoms with E-state index in [2.05, 4.69) is 4.74 Å². The van der Waals surface area contributed by atoms with Crippen LogP contribution in [0.3, 0.4) is 0 Å². The summed E-state index contributed by atoms with van der Waals surface area (Å²) in [5.74, 6) is -16.6. The number of halogens is 11. The Morgan fingerprint density at radius 3 is 1.58 bits per heavy atom. The van der Waals surface area contributed by atoms with Gasteiger partial charge in [0.1, 0.15) is 6.61 Å². The van der Waals surface area contributed by atoms with Crippen molar-refractivity contribution in [2.45, 2.75) is 43.0 Å². The maximum atomic E-state index is 16.0. The van der Waals surface area contributed by atoms with Gasteiger partial charge in [0, 0.05) is 17.7 Å². The number of para-hydroxylation sites is 2. The molecule has 0 aliphatic carbocycles. The molecule has 33 heavy (non-hydrogen) atoms. The van der Waals surface area contributed by atoms with Crippen LogP contribution in [-0.2, 0) is 10.5 Å². The normalized spacial score (nSPS) is 16.8. The van der Waals surface area contributed by atoms with Gasteiger partial charge >= 0.3 is 18.2 Å². The fraction of sp³-hybridized carbons (Fsp3) is 0.400. The van der Waals surface area contributed by atoms with Crippen LogP contribution in [0.25, 0.3) is 21.8 Å². The molecule has 2 aromatic carbocycles. The highest BCUT2D eigenvalue weighted by atomic mass is 19.4. The Morgan fingerprint density at radius 2 is 1.18 bits per heavy atom. The van der Waals surface area contributed by atoms with Gasteiger partial charge < -0.3 is 4.74 Å². The fourth-order valence-corrected chi connectivity index (χ4v) is 3.42. The van der Waals surface area contributed by atoms with E-state index in [9.17, 15) is 43.9 Å². The van der Waals surface area contributed by atoms with Crippen molar-refractivity contribution >= 4 is 21.8 Å². The average Bonchev–Trinajstić information content (AvgIpc) is 3.05. The van der Waals surface area contributed by atoms with Gasteiger partial charge in [-0.1, -0.05) is 36.4 Å². The van der Waals surface area contributed by atoms with E-state index >= 15 is 4.39 Å². The largest absolute Gasteiger partial charge is 0.425 e. The molecule has 0 spiro atoms. The van der Waals surface area contributed by atoms with Crippen LogP contribution >= 0.6 is 0 Å². The molecule has 13 heteroatoms. The van der Waals surface area contributed by atoms with Crippen molar-refractivity contribution in [3.63, 3.8) is 0 Å². The van der Waals surface area contributed by atoms with E-state index < -0.39 is 58.3 Å². The van der Waals surface area contributed by atoms with Gasteiger partial charge in [-0.2, -0.15) is 30.7 Å². The molecule has 0 fully saturated rings. The van der Waals surface area contributed by atoms with Gasteiger partial charge in [-0.3, -0.25) is 4.57 Å². The summed E-state index contributed by atoms with van der Waals surface area (Å²) >= 11 is 0. The Morgan fingerprint density at radius 1 is 0.758 bits per heavy atom. The van der Waals surface area contributed by atoms with Gasteiger partial charge in [0.15, 0.2) is 0 Å². The second-order valence-electron chi connectivity index (χ2n) is 7.40. The van der Waals surface area contributed by atoms with Crippen molar-refractivity contribution in [3.05, 3.63) is 48.5 Å². The lowest BCUT2D eigenvalue weighted by molar-refractivity contribution is -0.417. The minimum Gasteiger partial charge on any atom is -0.309 e. The van der Waals surface area contributed by atoms with Crippen LogP contribution < -0.4 is 0 Å². The Balaban J connectivity index is 2.38. The molecule has 182 valence electrons. The molecule has 3 aromatic rings. The molecule has 3 rings (SSSR count). The van der Waals surface area contributed by atoms with Crippen LogP contribution in [-0.4, -0.2) is 41.5 Å². The third-order valence-corrected chi connectivity index (χ3v) is 4.84. The summed E-state index contributed by atoms with van der Waals surface area (Å²) in [6.07, 6.45) is -17.9. The van der Waals surface area contributed by atoms with Crippen molar-refractivity contribution in [2.75, 3.05) is 6.61 Å². The van der Waals surface area contributed by atoms with Gasteiger partial charge in [-0.15, -0.1) is 0 Å². The lowest BCUT2D eigenvalue weighted by Crippen LogP contribution is -2.65. The van der Waals surface area contributed by atoms with E-state index in [0.717, 1.165) is 24.3 Å². The summed E-state index contributed by atoms with van der Waals surface area (Å²) in [6, 6.07) is 8.72. The van der Waals surface area contributed by atoms with Crippen molar-refractivity contribution in [1.82, 2.24) is 4.57 Å². The summed E-state index contributed by atoms with van der Waals surface area (Å²) in [6.45, 7) is -2.41. The number of nitrogens with zero attached hydrogens (tertiary/aromatic N) is 1. The second kappa shape index (κ2) is 7.74. The molecule has 0 amide bonds. The monoisotopic (exact) mass is 493 g/mol. The molecular formula is C20H14F11NO. The molecule has 0 aliphatic rings. The predicted octanol–water partition coefficient (Wildman–Crippen LogP) is 7.22. The van der Waals surface area contributed by atoms with E-state index in [4.69, 9.17) is 0 Å². The molecule has 0 aliphatic heterocycles. The Bertz CT molecular complexity index is 1100. The molecule has 0 saturated heterocycles. The summed E-state index contributed by atoms with van der Waals surface area (Å²) in [7, 11) is 0. The summed E-state index contributed by atoms with van der Waals surface area (Å²) in [5, 5.41) is -0.297. The molecule has 0 bridgehead atoms. The number of alkyl halides is 11. The maximum absolute atomic E-state index is 16.0. The van der Waals surface area contributed by atoms with E-state index in [-0.39, 0.29) is 17.7 Å². The van der Waals surface area contributed by atoms with Crippen LogP contribution in [0.1, 0.15) is 6.92 Å². The molecule has 1 heterocycles. The highest BCUT2D eigenvalue weighted by Gasteiger charge is 2.80. The lowest BCUT2D eigenvalue weighted by Gasteiger charge is -2.41. The van der Waals surface area contributed by atoms with Gasteiger partial charge in [-0.05, 0) is 12.1 Å². The molecular weight excluding hydrogens is 479 g/mol. The zero-order valence-electron chi connectivity index (χ0n) is 16.4. The first kappa shape index (κ1) is 25.1. The number of hydrogen-bond donors (Lipinski definition) is 0. The van der Waals surface area contributed by atoms with Crippen LogP contribution in [0.2, 0.25) is 0 Å². The Kier molecular flexibility index (Phi) is 5.88. The number of hydrogen-bond acceptors (Lipinski definition) is 1. The van der Waals surface area contributed by atoms with Crippen molar-refractivity contribution < 1.29 is 53.0 Å². The quantitative estimate of drug-likeness (QED) is 0.317. The minimum absolute atomic E-state index is 0.00937. The third-order valence-electron chi connectivity index (χ3n) is 4.84. The molecule has 0 radical (unpaired) electrons. The second-order valence-corrected chi connectivity index (χ2v) is 7.40. The van der Waals surface area contributed by atoms with Gasteiger partial charge in [-0.25, -0.2) is 17.6 Å². The number of aromatic nitrogens is 1. The van der Waals surface area contributed by atoms with E-state index in [1.165, 1.54) is 24.3 Å². The molecule has 2 nitrogen and oxygen atoms in total.